The van der Waals surface area contributed by atoms with Gasteiger partial charge in [0.15, 0.2) is 11.2 Å². The van der Waals surface area contributed by atoms with Crippen molar-refractivity contribution >= 4 is 23.5 Å². The third-order valence-electron chi connectivity index (χ3n) is 1.90. The fourth-order valence-corrected chi connectivity index (χ4v) is 1.16. The van der Waals surface area contributed by atoms with Crippen LogP contribution < -0.4 is 16.0 Å². The van der Waals surface area contributed by atoms with Crippen molar-refractivity contribution < 1.29 is 4.79 Å². The van der Waals surface area contributed by atoms with Crippen molar-refractivity contribution in [2.75, 3.05) is 12.1 Å². The van der Waals surface area contributed by atoms with Crippen LogP contribution in [-0.2, 0) is 4.79 Å². The monoisotopic (exact) mass is 220 g/mol. The number of nitrogens with zero attached hydrogens (tertiary/aromatic N) is 4. The van der Waals surface area contributed by atoms with E-state index in [2.05, 4.69) is 25.4 Å². The molecule has 0 radical (unpaired) electrons. The molecule has 8 heteroatoms. The second-order valence-corrected chi connectivity index (χ2v) is 2.92. The van der Waals surface area contributed by atoms with Gasteiger partial charge in [-0.15, -0.1) is 0 Å². The zero-order valence-corrected chi connectivity index (χ0v) is 8.34. The second-order valence-electron chi connectivity index (χ2n) is 2.92. The molecule has 8 nitrogen and oxygen atoms in total. The number of anilines is 1. The molecule has 0 aliphatic rings. The molecule has 0 fully saturated rings. The highest BCUT2D eigenvalue weighted by Gasteiger charge is 2.08. The van der Waals surface area contributed by atoms with Gasteiger partial charge in [0.1, 0.15) is 0 Å². The topological polar surface area (TPSA) is 104 Å². The number of rotatable bonds is 3. The zero-order chi connectivity index (χ0) is 11.5. The molecule has 0 aliphatic carbocycles. The molecule has 82 valence electrons. The van der Waals surface area contributed by atoms with Gasteiger partial charge in [0, 0.05) is 19.4 Å². The molecule has 16 heavy (non-hydrogen) atoms. The van der Waals surface area contributed by atoms with Gasteiger partial charge in [-0.3, -0.25) is 25.0 Å². The highest BCUT2D eigenvalue weighted by atomic mass is 16.1. The molecule has 0 aromatic carbocycles. The van der Waals surface area contributed by atoms with Crippen molar-refractivity contribution in [3.05, 3.63) is 22.7 Å². The highest BCUT2D eigenvalue weighted by Crippen LogP contribution is 2.03. The van der Waals surface area contributed by atoms with Crippen LogP contribution in [0, 0.1) is 0 Å². The van der Waals surface area contributed by atoms with Gasteiger partial charge in [0.05, 0.1) is 0 Å². The number of hydrogen-bond donors (Lipinski definition) is 2. The summed E-state index contributed by atoms with van der Waals surface area (Å²) in [5.74, 6) is 0.185. The van der Waals surface area contributed by atoms with Crippen LogP contribution in [0.25, 0.3) is 11.2 Å². The maximum atomic E-state index is 11.6. The van der Waals surface area contributed by atoms with Gasteiger partial charge in [0.2, 0.25) is 12.4 Å². The first-order valence-corrected chi connectivity index (χ1v) is 4.37. The molecule has 0 saturated carbocycles. The lowest BCUT2D eigenvalue weighted by molar-refractivity contribution is -0.109. The number of carbonyl (C=O) groups excluding carboxylic acids is 1. The van der Waals surface area contributed by atoms with Crippen LogP contribution in [0.4, 0.5) is 5.95 Å². The lowest BCUT2D eigenvalue weighted by Gasteiger charge is -2.14. The molecule has 2 N–H and O–H groups in total. The molecule has 0 bridgehead atoms. The minimum absolute atomic E-state index is 0.158. The van der Waals surface area contributed by atoms with Crippen LogP contribution in [0.2, 0.25) is 0 Å². The summed E-state index contributed by atoms with van der Waals surface area (Å²) in [6.07, 6.45) is 3.32. The van der Waals surface area contributed by atoms with E-state index in [1.807, 2.05) is 0 Å². The van der Waals surface area contributed by atoms with Gasteiger partial charge in [0.25, 0.3) is 5.56 Å². The summed E-state index contributed by atoms with van der Waals surface area (Å²) in [7, 11) is 1.54. The maximum Gasteiger partial charge on any atom is 0.280 e. The molecular weight excluding hydrogens is 212 g/mol. The average Bonchev–Trinajstić information content (AvgIpc) is 2.29. The normalized spacial score (nSPS) is 10.1. The minimum Gasteiger partial charge on any atom is -0.289 e. The van der Waals surface area contributed by atoms with E-state index in [0.717, 1.165) is 0 Å². The largest absolute Gasteiger partial charge is 0.289 e. The lowest BCUT2D eigenvalue weighted by Crippen LogP contribution is -2.35. The molecule has 1 amide bonds. The van der Waals surface area contributed by atoms with E-state index in [4.69, 9.17) is 0 Å². The summed E-state index contributed by atoms with van der Waals surface area (Å²) in [6, 6.07) is 0. The number of nitrogens with one attached hydrogen (secondary N) is 2. The van der Waals surface area contributed by atoms with E-state index in [9.17, 15) is 9.59 Å². The number of fused-ring (bicyclic) bond motifs is 1. The van der Waals surface area contributed by atoms with Crippen molar-refractivity contribution in [3.63, 3.8) is 0 Å². The smallest absolute Gasteiger partial charge is 0.280 e. The van der Waals surface area contributed by atoms with Crippen molar-refractivity contribution in [2.24, 2.45) is 0 Å². The molecule has 2 rings (SSSR count). The Hall–Kier alpha value is -2.51. The summed E-state index contributed by atoms with van der Waals surface area (Å²) in [6.45, 7) is 0. The molecule has 0 aliphatic heterocycles. The third-order valence-corrected chi connectivity index (χ3v) is 1.90. The van der Waals surface area contributed by atoms with Gasteiger partial charge >= 0.3 is 0 Å². The van der Waals surface area contributed by atoms with Crippen molar-refractivity contribution in [3.8, 4) is 0 Å². The Morgan fingerprint density at radius 1 is 1.44 bits per heavy atom. The van der Waals surface area contributed by atoms with Gasteiger partial charge in [-0.25, -0.2) is 9.97 Å². The van der Waals surface area contributed by atoms with E-state index >= 15 is 0 Å². The van der Waals surface area contributed by atoms with Crippen molar-refractivity contribution in [1.29, 1.82) is 0 Å². The summed E-state index contributed by atoms with van der Waals surface area (Å²) in [5.41, 5.74) is 2.30. The Morgan fingerprint density at radius 2 is 2.19 bits per heavy atom. The predicted octanol–water partition coefficient (Wildman–Crippen LogP) is -1.19. The predicted molar refractivity (Wildman–Crippen MR) is 55.6 cm³/mol. The minimum atomic E-state index is -0.410. The Bertz CT molecular complexity index is 580. The van der Waals surface area contributed by atoms with Gasteiger partial charge in [-0.2, -0.15) is 4.98 Å². The first-order valence-electron chi connectivity index (χ1n) is 4.37. The van der Waals surface area contributed by atoms with Gasteiger partial charge < -0.3 is 0 Å². The molecule has 0 saturated heterocycles. The molecule has 2 aromatic heterocycles. The summed E-state index contributed by atoms with van der Waals surface area (Å²) in [4.78, 5) is 36.1. The number of amides is 1. The van der Waals surface area contributed by atoms with Crippen LogP contribution in [0.15, 0.2) is 17.2 Å². The first kappa shape index (κ1) is 10.0. The van der Waals surface area contributed by atoms with Crippen LogP contribution in [0.3, 0.4) is 0 Å². The zero-order valence-electron chi connectivity index (χ0n) is 8.34. The van der Waals surface area contributed by atoms with E-state index in [1.54, 1.807) is 0 Å². The standard InChI is InChI=1S/C8H8N6O2/c1-14(11-4-15)8-12-6-5(7(16)13-8)9-2-3-10-6/h2-4H,1H3,(H,11,15)(H,10,12,13,16). The Labute approximate surface area is 89.3 Å². The van der Waals surface area contributed by atoms with E-state index in [-0.39, 0.29) is 17.1 Å². The van der Waals surface area contributed by atoms with Crippen LogP contribution >= 0.6 is 0 Å². The Morgan fingerprint density at radius 3 is 2.94 bits per heavy atom. The van der Waals surface area contributed by atoms with E-state index in [0.29, 0.717) is 6.41 Å². The highest BCUT2D eigenvalue weighted by molar-refractivity contribution is 5.69. The van der Waals surface area contributed by atoms with E-state index < -0.39 is 5.56 Å². The number of hydrazine groups is 1. The summed E-state index contributed by atoms with van der Waals surface area (Å²) in [5, 5.41) is 1.27. The molecule has 0 unspecified atom stereocenters. The van der Waals surface area contributed by atoms with E-state index in [1.165, 1.54) is 24.5 Å². The Kier molecular flexibility index (Phi) is 2.46. The molecule has 2 heterocycles. The van der Waals surface area contributed by atoms with Gasteiger partial charge in [-0.1, -0.05) is 0 Å². The maximum absolute atomic E-state index is 11.6. The van der Waals surface area contributed by atoms with Crippen LogP contribution in [0.5, 0.6) is 0 Å². The number of aromatic nitrogens is 4. The SMILES string of the molecule is CN(NC=O)c1nc2nccnc2c(=O)[nH]1. The summed E-state index contributed by atoms with van der Waals surface area (Å²) >= 11 is 0. The second kappa shape index (κ2) is 3.93. The van der Waals surface area contributed by atoms with Crippen LogP contribution in [0.1, 0.15) is 0 Å². The molecule has 2 aromatic rings. The van der Waals surface area contributed by atoms with Crippen molar-refractivity contribution in [1.82, 2.24) is 25.4 Å². The fourth-order valence-electron chi connectivity index (χ4n) is 1.16. The number of aromatic amines is 1. The number of H-pyrrole nitrogens is 1. The average molecular weight is 220 g/mol. The molecule has 0 spiro atoms. The molecular formula is C8H8N6O2. The van der Waals surface area contributed by atoms with Crippen LogP contribution in [-0.4, -0.2) is 33.4 Å². The number of hydrogen-bond acceptors (Lipinski definition) is 6. The third kappa shape index (κ3) is 1.67. The Balaban J connectivity index is 2.58. The number of carbonyl (C=O) groups is 1. The van der Waals surface area contributed by atoms with Gasteiger partial charge in [-0.05, 0) is 0 Å². The lowest BCUT2D eigenvalue weighted by atomic mass is 10.5. The quantitative estimate of drug-likeness (QED) is 0.498. The summed E-state index contributed by atoms with van der Waals surface area (Å²) < 4.78 is 0. The first-order chi connectivity index (χ1) is 7.72. The fraction of sp³-hybridized carbons (Fsp3) is 0.125. The van der Waals surface area contributed by atoms with Crippen molar-refractivity contribution in [2.45, 2.75) is 0 Å². The molecule has 0 atom stereocenters.